The molecule has 0 aliphatic carbocycles. The average molecular weight is 224 g/mol. The van der Waals surface area contributed by atoms with E-state index in [9.17, 15) is 0 Å². The molecule has 0 aliphatic heterocycles. The zero-order valence-corrected chi connectivity index (χ0v) is 11.1. The maximum atomic E-state index is 3.46. The third-order valence-corrected chi connectivity index (χ3v) is 2.46. The fourth-order valence-corrected chi connectivity index (χ4v) is 1.80. The van der Waals surface area contributed by atoms with Gasteiger partial charge in [0.25, 0.3) is 0 Å². The highest BCUT2D eigenvalue weighted by molar-refractivity contribution is 7.28. The van der Waals surface area contributed by atoms with Crippen LogP contribution in [0.4, 0.5) is 11.4 Å². The van der Waals surface area contributed by atoms with Crippen LogP contribution in [0.2, 0.25) is 0 Å². The predicted molar refractivity (Wildman–Crippen MR) is 73.3 cm³/mol. The summed E-state index contributed by atoms with van der Waals surface area (Å²) in [6, 6.07) is 7.17. The van der Waals surface area contributed by atoms with Gasteiger partial charge >= 0.3 is 0 Å². The molecule has 0 aromatic heterocycles. The molecule has 1 aromatic rings. The molecule has 1 atom stereocenters. The Morgan fingerprint density at radius 2 is 1.60 bits per heavy atom. The van der Waals surface area contributed by atoms with Gasteiger partial charge in [-0.15, -0.1) is 9.24 Å². The summed E-state index contributed by atoms with van der Waals surface area (Å²) >= 11 is 0. The number of para-hydroxylation sites is 1. The molecule has 2 N–H and O–H groups in total. The Morgan fingerprint density at radius 1 is 1.00 bits per heavy atom. The monoisotopic (exact) mass is 224 g/mol. The fourth-order valence-electron chi connectivity index (χ4n) is 1.45. The SMILES string of the molecule is CC(C)Nc1cccc(P)c1NC(C)C. The number of nitrogens with one attached hydrogen (secondary N) is 2. The van der Waals surface area contributed by atoms with Gasteiger partial charge in [0, 0.05) is 12.1 Å². The van der Waals surface area contributed by atoms with Crippen molar-refractivity contribution in [2.24, 2.45) is 0 Å². The van der Waals surface area contributed by atoms with Crippen molar-refractivity contribution in [3.63, 3.8) is 0 Å². The molecule has 1 rings (SSSR count). The molecule has 1 unspecified atom stereocenters. The van der Waals surface area contributed by atoms with Gasteiger partial charge < -0.3 is 10.6 Å². The van der Waals surface area contributed by atoms with Gasteiger partial charge in [0.05, 0.1) is 11.4 Å². The van der Waals surface area contributed by atoms with Gasteiger partial charge in [0.2, 0.25) is 0 Å². The van der Waals surface area contributed by atoms with Crippen molar-refractivity contribution in [2.45, 2.75) is 39.8 Å². The van der Waals surface area contributed by atoms with Gasteiger partial charge in [-0.25, -0.2) is 0 Å². The first-order valence-corrected chi connectivity index (χ1v) is 6.00. The molecule has 1 aromatic carbocycles. The smallest absolute Gasteiger partial charge is 0.0650 e. The highest BCUT2D eigenvalue weighted by Gasteiger charge is 2.07. The Kier molecular flexibility index (Phi) is 4.41. The minimum Gasteiger partial charge on any atom is -0.381 e. The van der Waals surface area contributed by atoms with Gasteiger partial charge in [-0.2, -0.15) is 0 Å². The van der Waals surface area contributed by atoms with E-state index in [1.807, 2.05) is 0 Å². The first-order valence-electron chi connectivity index (χ1n) is 5.42. The average Bonchev–Trinajstić information content (AvgIpc) is 2.09. The van der Waals surface area contributed by atoms with Crippen molar-refractivity contribution in [1.29, 1.82) is 0 Å². The van der Waals surface area contributed by atoms with E-state index in [-0.39, 0.29) is 0 Å². The summed E-state index contributed by atoms with van der Waals surface area (Å²) in [7, 11) is 2.77. The summed E-state index contributed by atoms with van der Waals surface area (Å²) in [4.78, 5) is 0. The van der Waals surface area contributed by atoms with E-state index < -0.39 is 0 Å². The first kappa shape index (κ1) is 12.3. The third kappa shape index (κ3) is 3.71. The molecule has 0 heterocycles. The second-order valence-electron chi connectivity index (χ2n) is 4.37. The molecule has 0 radical (unpaired) electrons. The Morgan fingerprint density at radius 3 is 2.13 bits per heavy atom. The van der Waals surface area contributed by atoms with E-state index in [1.54, 1.807) is 0 Å². The van der Waals surface area contributed by atoms with Gasteiger partial charge in [0.1, 0.15) is 0 Å². The van der Waals surface area contributed by atoms with Gasteiger partial charge in [0.15, 0.2) is 0 Å². The number of anilines is 2. The highest BCUT2D eigenvalue weighted by atomic mass is 31.0. The van der Waals surface area contributed by atoms with Crippen molar-refractivity contribution in [2.75, 3.05) is 10.6 Å². The van der Waals surface area contributed by atoms with Crippen LogP contribution in [0.5, 0.6) is 0 Å². The molecule has 0 saturated heterocycles. The largest absolute Gasteiger partial charge is 0.381 e. The first-order chi connectivity index (χ1) is 7.00. The quantitative estimate of drug-likeness (QED) is 0.768. The van der Waals surface area contributed by atoms with Gasteiger partial charge in [-0.05, 0) is 39.1 Å². The summed E-state index contributed by atoms with van der Waals surface area (Å²) in [5.74, 6) is 0. The van der Waals surface area contributed by atoms with Crippen LogP contribution in [0, 0.1) is 0 Å². The van der Waals surface area contributed by atoms with E-state index in [0.717, 1.165) is 0 Å². The zero-order chi connectivity index (χ0) is 11.4. The van der Waals surface area contributed by atoms with Crippen LogP contribution < -0.4 is 15.9 Å². The molecule has 3 heteroatoms. The zero-order valence-electron chi connectivity index (χ0n) is 9.96. The van der Waals surface area contributed by atoms with Crippen LogP contribution in [0.3, 0.4) is 0 Å². The molecule has 2 nitrogen and oxygen atoms in total. The Balaban J connectivity index is 2.97. The van der Waals surface area contributed by atoms with Crippen LogP contribution in [0.15, 0.2) is 18.2 Å². The van der Waals surface area contributed by atoms with E-state index in [1.165, 1.54) is 16.7 Å². The lowest BCUT2D eigenvalue weighted by atomic mass is 10.2. The molecule has 0 amide bonds. The predicted octanol–water partition coefficient (Wildman–Crippen LogP) is 2.83. The number of benzene rings is 1. The standard InChI is InChI=1S/C12H21N2P/c1-8(2)13-10-6-5-7-11(15)12(10)14-9(3)4/h5-9,13-14H,15H2,1-4H3. The summed E-state index contributed by atoms with van der Waals surface area (Å²) in [5, 5.41) is 8.11. The molecular formula is C12H21N2P. The molecule has 0 aliphatic rings. The molecular weight excluding hydrogens is 203 g/mol. The van der Waals surface area contributed by atoms with Crippen molar-refractivity contribution in [3.8, 4) is 0 Å². The van der Waals surface area contributed by atoms with Crippen molar-refractivity contribution >= 4 is 25.9 Å². The Labute approximate surface area is 95.1 Å². The summed E-state index contributed by atoms with van der Waals surface area (Å²) < 4.78 is 0. The number of hydrogen-bond donors (Lipinski definition) is 2. The van der Waals surface area contributed by atoms with E-state index in [0.29, 0.717) is 12.1 Å². The van der Waals surface area contributed by atoms with E-state index in [2.05, 4.69) is 65.8 Å². The molecule has 84 valence electrons. The molecule has 0 saturated carbocycles. The summed E-state index contributed by atoms with van der Waals surface area (Å²) in [5.41, 5.74) is 2.36. The molecule has 0 fully saturated rings. The Bertz CT molecular complexity index is 321. The van der Waals surface area contributed by atoms with Crippen molar-refractivity contribution in [3.05, 3.63) is 18.2 Å². The lowest BCUT2D eigenvalue weighted by Crippen LogP contribution is -2.19. The van der Waals surface area contributed by atoms with Crippen molar-refractivity contribution < 1.29 is 0 Å². The number of rotatable bonds is 4. The normalized spacial score (nSPS) is 10.9. The third-order valence-electron chi connectivity index (χ3n) is 1.97. The lowest BCUT2D eigenvalue weighted by Gasteiger charge is -2.19. The second kappa shape index (κ2) is 5.37. The number of hydrogen-bond acceptors (Lipinski definition) is 2. The minimum absolute atomic E-state index is 0.444. The van der Waals surface area contributed by atoms with Crippen LogP contribution in [0.1, 0.15) is 27.7 Å². The highest BCUT2D eigenvalue weighted by Crippen LogP contribution is 2.22. The lowest BCUT2D eigenvalue weighted by molar-refractivity contribution is 0.885. The fraction of sp³-hybridized carbons (Fsp3) is 0.500. The summed E-state index contributed by atoms with van der Waals surface area (Å²) in [6.45, 7) is 8.59. The maximum Gasteiger partial charge on any atom is 0.0650 e. The molecule has 0 spiro atoms. The van der Waals surface area contributed by atoms with Crippen LogP contribution in [0.25, 0.3) is 0 Å². The van der Waals surface area contributed by atoms with Gasteiger partial charge in [-0.1, -0.05) is 12.1 Å². The Hall–Kier alpha value is -0.750. The topological polar surface area (TPSA) is 24.1 Å². The summed E-state index contributed by atoms with van der Waals surface area (Å²) in [6.07, 6.45) is 0. The maximum absolute atomic E-state index is 3.46. The van der Waals surface area contributed by atoms with Crippen LogP contribution in [-0.2, 0) is 0 Å². The van der Waals surface area contributed by atoms with Gasteiger partial charge in [-0.3, -0.25) is 0 Å². The van der Waals surface area contributed by atoms with E-state index >= 15 is 0 Å². The van der Waals surface area contributed by atoms with Crippen LogP contribution >= 0.6 is 9.24 Å². The van der Waals surface area contributed by atoms with Crippen LogP contribution in [-0.4, -0.2) is 12.1 Å². The van der Waals surface area contributed by atoms with E-state index in [4.69, 9.17) is 0 Å². The molecule has 15 heavy (non-hydrogen) atoms. The van der Waals surface area contributed by atoms with Crippen molar-refractivity contribution in [1.82, 2.24) is 0 Å². The second-order valence-corrected chi connectivity index (χ2v) is 4.99. The minimum atomic E-state index is 0.444. The molecule has 0 bridgehead atoms.